The molecule has 0 heterocycles. The predicted molar refractivity (Wildman–Crippen MR) is 54.9 cm³/mol. The molecule has 0 aromatic heterocycles. The number of carbonyl (C=O) groups is 1. The molecule has 0 bridgehead atoms. The van der Waals surface area contributed by atoms with E-state index in [2.05, 4.69) is 5.32 Å². The average Bonchev–Trinajstić information content (AvgIpc) is 2.17. The molecule has 0 aromatic carbocycles. The lowest BCUT2D eigenvalue weighted by Gasteiger charge is -2.07. The molecule has 3 N–H and O–H groups in total. The zero-order chi connectivity index (χ0) is 10.8. The van der Waals surface area contributed by atoms with Gasteiger partial charge < -0.3 is 15.5 Å². The monoisotopic (exact) mass is 203 g/mol. The molecular weight excluding hydrogens is 182 g/mol. The highest BCUT2D eigenvalue weighted by Gasteiger charge is 2.01. The molecule has 1 unspecified atom stereocenters. The number of hydrogen-bond acceptors (Lipinski definition) is 3. The number of amides is 1. The van der Waals surface area contributed by atoms with E-state index in [1.807, 2.05) is 6.92 Å². The summed E-state index contributed by atoms with van der Waals surface area (Å²) in [5.41, 5.74) is 0. The summed E-state index contributed by atoms with van der Waals surface area (Å²) < 4.78 is 0. The highest BCUT2D eigenvalue weighted by Crippen LogP contribution is 1.99. The molecule has 0 saturated carbocycles. The Labute approximate surface area is 85.3 Å². The second kappa shape index (κ2) is 8.97. The minimum atomic E-state index is -0.610. The number of rotatable bonds is 8. The first kappa shape index (κ1) is 13.4. The fourth-order valence-electron chi connectivity index (χ4n) is 1.14. The molecule has 84 valence electrons. The van der Waals surface area contributed by atoms with E-state index in [0.717, 1.165) is 19.3 Å². The summed E-state index contributed by atoms with van der Waals surface area (Å²) in [4.78, 5) is 11.0. The summed E-state index contributed by atoms with van der Waals surface area (Å²) in [7, 11) is 0. The largest absolute Gasteiger partial charge is 0.394 e. The third kappa shape index (κ3) is 8.01. The Morgan fingerprint density at radius 1 is 1.43 bits per heavy atom. The minimum Gasteiger partial charge on any atom is -0.394 e. The van der Waals surface area contributed by atoms with E-state index in [0.29, 0.717) is 19.4 Å². The topological polar surface area (TPSA) is 69.6 Å². The summed E-state index contributed by atoms with van der Waals surface area (Å²) in [6.07, 6.45) is 3.12. The van der Waals surface area contributed by atoms with Gasteiger partial charge in [-0.25, -0.2) is 0 Å². The van der Waals surface area contributed by atoms with Gasteiger partial charge in [-0.05, 0) is 25.7 Å². The zero-order valence-corrected chi connectivity index (χ0v) is 8.83. The molecule has 4 nitrogen and oxygen atoms in total. The smallest absolute Gasteiger partial charge is 0.219 e. The van der Waals surface area contributed by atoms with Crippen molar-refractivity contribution < 1.29 is 15.0 Å². The molecule has 0 rings (SSSR count). The molecule has 0 aliphatic rings. The Hall–Kier alpha value is -0.610. The van der Waals surface area contributed by atoms with Crippen LogP contribution in [0.25, 0.3) is 0 Å². The van der Waals surface area contributed by atoms with Crippen LogP contribution in [-0.4, -0.2) is 35.4 Å². The van der Waals surface area contributed by atoms with Gasteiger partial charge in [0.2, 0.25) is 5.91 Å². The Morgan fingerprint density at radius 3 is 2.71 bits per heavy atom. The molecule has 1 atom stereocenters. The molecule has 0 aliphatic carbocycles. The van der Waals surface area contributed by atoms with Crippen molar-refractivity contribution in [2.45, 2.75) is 45.1 Å². The lowest BCUT2D eigenvalue weighted by Crippen LogP contribution is -2.24. The lowest BCUT2D eigenvalue weighted by atomic mass is 10.1. The van der Waals surface area contributed by atoms with Crippen molar-refractivity contribution >= 4 is 5.91 Å². The minimum absolute atomic E-state index is 0.0928. The van der Waals surface area contributed by atoms with E-state index in [4.69, 9.17) is 10.2 Å². The Balaban J connectivity index is 3.17. The molecular formula is C10H21NO3. The van der Waals surface area contributed by atoms with Gasteiger partial charge in [0.05, 0.1) is 12.7 Å². The van der Waals surface area contributed by atoms with Crippen LogP contribution in [0.4, 0.5) is 0 Å². The summed E-state index contributed by atoms with van der Waals surface area (Å²) in [5.74, 6) is 0.0928. The summed E-state index contributed by atoms with van der Waals surface area (Å²) in [6, 6.07) is 0. The Bertz CT molecular complexity index is 150. The number of unbranched alkanes of at least 4 members (excludes halogenated alkanes) is 1. The van der Waals surface area contributed by atoms with Crippen LogP contribution in [-0.2, 0) is 4.79 Å². The van der Waals surface area contributed by atoms with Crippen LogP contribution in [0.1, 0.15) is 39.0 Å². The third-order valence-electron chi connectivity index (χ3n) is 1.97. The maximum absolute atomic E-state index is 11.0. The van der Waals surface area contributed by atoms with E-state index in [1.54, 1.807) is 0 Å². The van der Waals surface area contributed by atoms with Crippen molar-refractivity contribution in [1.82, 2.24) is 5.32 Å². The van der Waals surface area contributed by atoms with Crippen LogP contribution in [0, 0.1) is 0 Å². The van der Waals surface area contributed by atoms with Crippen molar-refractivity contribution in [2.24, 2.45) is 0 Å². The molecule has 4 heteroatoms. The first-order chi connectivity index (χ1) is 6.70. The number of hydrogen-bond donors (Lipinski definition) is 3. The fourth-order valence-corrected chi connectivity index (χ4v) is 1.14. The van der Waals surface area contributed by atoms with E-state index in [9.17, 15) is 4.79 Å². The van der Waals surface area contributed by atoms with Crippen LogP contribution >= 0.6 is 0 Å². The van der Waals surface area contributed by atoms with Crippen molar-refractivity contribution in [3.8, 4) is 0 Å². The van der Waals surface area contributed by atoms with Crippen LogP contribution in [0.3, 0.4) is 0 Å². The number of aliphatic hydroxyl groups is 2. The molecule has 0 saturated heterocycles. The fraction of sp³-hybridized carbons (Fsp3) is 0.900. The van der Waals surface area contributed by atoms with E-state index in [1.165, 1.54) is 0 Å². The van der Waals surface area contributed by atoms with Crippen molar-refractivity contribution in [3.05, 3.63) is 0 Å². The Morgan fingerprint density at radius 2 is 2.14 bits per heavy atom. The standard InChI is InChI=1S/C10H21NO3/c1-2-5-10(14)11-7-4-3-6-9(13)8-12/h9,12-13H,2-8H2,1H3,(H,11,14). The van der Waals surface area contributed by atoms with Gasteiger partial charge in [0.1, 0.15) is 0 Å². The zero-order valence-electron chi connectivity index (χ0n) is 8.83. The highest BCUT2D eigenvalue weighted by atomic mass is 16.3. The quantitative estimate of drug-likeness (QED) is 0.501. The second-order valence-corrected chi connectivity index (χ2v) is 3.43. The summed E-state index contributed by atoms with van der Waals surface area (Å²) in [6.45, 7) is 2.45. The van der Waals surface area contributed by atoms with Gasteiger partial charge in [-0.3, -0.25) is 4.79 Å². The summed E-state index contributed by atoms with van der Waals surface area (Å²) >= 11 is 0. The SMILES string of the molecule is CCCC(=O)NCCCCC(O)CO. The van der Waals surface area contributed by atoms with Gasteiger partial charge in [0.15, 0.2) is 0 Å². The number of aliphatic hydroxyl groups excluding tert-OH is 2. The molecule has 0 aromatic rings. The highest BCUT2D eigenvalue weighted by molar-refractivity contribution is 5.75. The first-order valence-electron chi connectivity index (χ1n) is 5.26. The molecule has 1 amide bonds. The van der Waals surface area contributed by atoms with Gasteiger partial charge in [-0.15, -0.1) is 0 Å². The van der Waals surface area contributed by atoms with Gasteiger partial charge >= 0.3 is 0 Å². The van der Waals surface area contributed by atoms with Gasteiger partial charge in [0.25, 0.3) is 0 Å². The number of carbonyl (C=O) groups excluding carboxylic acids is 1. The van der Waals surface area contributed by atoms with Gasteiger partial charge in [-0.1, -0.05) is 6.92 Å². The van der Waals surface area contributed by atoms with E-state index >= 15 is 0 Å². The van der Waals surface area contributed by atoms with E-state index < -0.39 is 6.10 Å². The van der Waals surface area contributed by atoms with Crippen molar-refractivity contribution in [2.75, 3.05) is 13.2 Å². The number of nitrogens with one attached hydrogen (secondary N) is 1. The van der Waals surface area contributed by atoms with Gasteiger partial charge in [-0.2, -0.15) is 0 Å². The second-order valence-electron chi connectivity index (χ2n) is 3.43. The molecule has 0 aliphatic heterocycles. The summed E-state index contributed by atoms with van der Waals surface area (Å²) in [5, 5.41) is 20.3. The van der Waals surface area contributed by atoms with Gasteiger partial charge in [0, 0.05) is 13.0 Å². The van der Waals surface area contributed by atoms with E-state index in [-0.39, 0.29) is 12.5 Å². The average molecular weight is 203 g/mol. The normalized spacial score (nSPS) is 12.5. The van der Waals surface area contributed by atoms with Crippen LogP contribution < -0.4 is 5.32 Å². The molecule has 14 heavy (non-hydrogen) atoms. The third-order valence-corrected chi connectivity index (χ3v) is 1.97. The van der Waals surface area contributed by atoms with Crippen molar-refractivity contribution in [1.29, 1.82) is 0 Å². The molecule has 0 radical (unpaired) electrons. The first-order valence-corrected chi connectivity index (χ1v) is 5.26. The Kier molecular flexibility index (Phi) is 8.57. The lowest BCUT2D eigenvalue weighted by molar-refractivity contribution is -0.121. The van der Waals surface area contributed by atoms with Crippen molar-refractivity contribution in [3.63, 3.8) is 0 Å². The predicted octanol–water partition coefficient (Wildman–Crippen LogP) is 0.426. The van der Waals surface area contributed by atoms with Crippen LogP contribution in [0.5, 0.6) is 0 Å². The van der Waals surface area contributed by atoms with Crippen LogP contribution in [0.15, 0.2) is 0 Å². The maximum Gasteiger partial charge on any atom is 0.219 e. The maximum atomic E-state index is 11.0. The van der Waals surface area contributed by atoms with Crippen LogP contribution in [0.2, 0.25) is 0 Å². The molecule has 0 spiro atoms. The molecule has 0 fully saturated rings.